The van der Waals surface area contributed by atoms with Crippen LogP contribution in [0.4, 0.5) is 5.69 Å². The molecule has 29 heavy (non-hydrogen) atoms. The first kappa shape index (κ1) is 19.3. The number of rotatable bonds is 6. The Balaban J connectivity index is 1.71. The molecule has 0 atom stereocenters. The summed E-state index contributed by atoms with van der Waals surface area (Å²) in [5.41, 5.74) is 5.32. The Labute approximate surface area is 173 Å². The molecule has 6 nitrogen and oxygen atoms in total. The van der Waals surface area contributed by atoms with Crippen LogP contribution in [0.1, 0.15) is 24.2 Å². The van der Waals surface area contributed by atoms with E-state index in [1.165, 1.54) is 0 Å². The number of carbonyl (C=O) groups is 1. The summed E-state index contributed by atoms with van der Waals surface area (Å²) in [6.45, 7) is 4.62. The molecule has 0 spiro atoms. The van der Waals surface area contributed by atoms with Gasteiger partial charge in [-0.3, -0.25) is 14.9 Å². The third kappa shape index (κ3) is 4.35. The number of nitrogens with zero attached hydrogens (tertiary/aromatic N) is 2. The number of aromatic amines is 1. The van der Waals surface area contributed by atoms with Gasteiger partial charge >= 0.3 is 0 Å². The lowest BCUT2D eigenvalue weighted by molar-refractivity contribution is 0.0958. The van der Waals surface area contributed by atoms with Crippen molar-refractivity contribution >= 4 is 34.3 Å². The molecular formula is C22H23N5OS. The van der Waals surface area contributed by atoms with E-state index in [1.807, 2.05) is 24.4 Å². The molecule has 3 aromatic rings. The highest BCUT2D eigenvalue weighted by Crippen LogP contribution is 2.31. The van der Waals surface area contributed by atoms with Crippen molar-refractivity contribution in [1.82, 2.24) is 20.5 Å². The lowest BCUT2D eigenvalue weighted by Gasteiger charge is -2.18. The van der Waals surface area contributed by atoms with E-state index in [0.717, 1.165) is 39.0 Å². The average Bonchev–Trinajstić information content (AvgIpc) is 3.27. The number of carbonyl (C=O) groups excluding carboxylic acids is 1. The van der Waals surface area contributed by atoms with Crippen LogP contribution >= 0.6 is 11.8 Å². The fourth-order valence-electron chi connectivity index (χ4n) is 3.22. The highest BCUT2D eigenvalue weighted by Gasteiger charge is 2.17. The largest absolute Gasteiger partial charge is 0.382 e. The second kappa shape index (κ2) is 8.53. The zero-order valence-electron chi connectivity index (χ0n) is 16.4. The number of nitrogens with one attached hydrogen (secondary N) is 3. The van der Waals surface area contributed by atoms with Crippen molar-refractivity contribution in [2.45, 2.75) is 19.9 Å². The monoisotopic (exact) mass is 405 g/mol. The number of hydrogen-bond donors (Lipinski definition) is 3. The predicted molar refractivity (Wildman–Crippen MR) is 120 cm³/mol. The normalized spacial score (nSPS) is 13.6. The van der Waals surface area contributed by atoms with Gasteiger partial charge in [0.05, 0.1) is 23.0 Å². The lowest BCUT2D eigenvalue weighted by atomic mass is 10.0. The molecule has 0 saturated carbocycles. The molecule has 1 amide bonds. The van der Waals surface area contributed by atoms with Crippen molar-refractivity contribution in [2.24, 2.45) is 0 Å². The molecule has 7 heteroatoms. The van der Waals surface area contributed by atoms with Gasteiger partial charge in [-0.1, -0.05) is 18.2 Å². The minimum absolute atomic E-state index is 0.135. The fourth-order valence-corrected chi connectivity index (χ4v) is 3.91. The Morgan fingerprint density at radius 2 is 2.17 bits per heavy atom. The zero-order chi connectivity index (χ0) is 20.2. The van der Waals surface area contributed by atoms with E-state index >= 15 is 0 Å². The first-order valence-corrected chi connectivity index (χ1v) is 10.6. The molecule has 2 aromatic heterocycles. The minimum Gasteiger partial charge on any atom is -0.382 e. The van der Waals surface area contributed by atoms with E-state index < -0.39 is 0 Å². The van der Waals surface area contributed by atoms with E-state index in [4.69, 9.17) is 0 Å². The summed E-state index contributed by atoms with van der Waals surface area (Å²) in [6.07, 6.45) is 9.46. The van der Waals surface area contributed by atoms with Gasteiger partial charge in [0.15, 0.2) is 0 Å². The fraction of sp³-hybridized carbons (Fsp3) is 0.227. The third-order valence-corrected chi connectivity index (χ3v) is 5.34. The second-order valence-electron chi connectivity index (χ2n) is 7.16. The molecule has 3 N–H and O–H groups in total. The maximum atomic E-state index is 13.0. The Bertz CT molecular complexity index is 1090. The molecule has 0 bridgehead atoms. The number of thioether (sulfide) groups is 1. The molecule has 1 aliphatic heterocycles. The highest BCUT2D eigenvalue weighted by molar-refractivity contribution is 8.02. The van der Waals surface area contributed by atoms with E-state index in [0.29, 0.717) is 12.1 Å². The van der Waals surface area contributed by atoms with Crippen LogP contribution < -0.4 is 10.6 Å². The molecule has 1 aromatic carbocycles. The van der Waals surface area contributed by atoms with Gasteiger partial charge in [0.1, 0.15) is 0 Å². The smallest absolute Gasteiger partial charge is 0.255 e. The van der Waals surface area contributed by atoms with Crippen LogP contribution in [0, 0.1) is 0 Å². The van der Waals surface area contributed by atoms with E-state index in [9.17, 15) is 4.79 Å². The van der Waals surface area contributed by atoms with Crippen LogP contribution in [0.3, 0.4) is 0 Å². The van der Waals surface area contributed by atoms with Crippen LogP contribution in [-0.4, -0.2) is 39.4 Å². The predicted octanol–water partition coefficient (Wildman–Crippen LogP) is 4.36. The summed E-state index contributed by atoms with van der Waals surface area (Å²) in [4.78, 5) is 17.5. The summed E-state index contributed by atoms with van der Waals surface area (Å²) in [5, 5.41) is 16.3. The maximum absolute atomic E-state index is 13.0. The molecule has 3 heterocycles. The molecular weight excluding hydrogens is 382 g/mol. The molecule has 148 valence electrons. The van der Waals surface area contributed by atoms with Crippen molar-refractivity contribution in [2.75, 3.05) is 17.6 Å². The minimum atomic E-state index is -0.135. The number of hydrogen-bond acceptors (Lipinski definition) is 5. The Hall–Kier alpha value is -3.06. The summed E-state index contributed by atoms with van der Waals surface area (Å²) >= 11 is 1.74. The highest BCUT2D eigenvalue weighted by atomic mass is 32.2. The van der Waals surface area contributed by atoms with Crippen LogP contribution in [0.15, 0.2) is 59.9 Å². The van der Waals surface area contributed by atoms with Gasteiger partial charge < -0.3 is 10.6 Å². The lowest BCUT2D eigenvalue weighted by Crippen LogP contribution is -2.27. The van der Waals surface area contributed by atoms with Crippen LogP contribution in [0.2, 0.25) is 0 Å². The summed E-state index contributed by atoms with van der Waals surface area (Å²) < 4.78 is 0. The topological polar surface area (TPSA) is 82.7 Å². The number of amides is 1. The van der Waals surface area contributed by atoms with Crippen molar-refractivity contribution in [3.05, 3.63) is 65.5 Å². The van der Waals surface area contributed by atoms with Gasteiger partial charge in [0, 0.05) is 41.7 Å². The summed E-state index contributed by atoms with van der Waals surface area (Å²) in [7, 11) is 0. The summed E-state index contributed by atoms with van der Waals surface area (Å²) in [6, 6.07) is 6.21. The standard InChI is InChI=1S/C22H23N5OS/c1-14(2)27-21-18-9-16(17-11-25-26-12-17)3-4-20(18)23-13-19(21)22(28)24-10-15-5-7-29-8-6-15/h3-7,9,11-14H,8,10H2,1-2H3,(H,23,27)(H,24,28)(H,25,26). The van der Waals surface area contributed by atoms with Gasteiger partial charge in [0.2, 0.25) is 0 Å². The number of benzene rings is 1. The molecule has 0 saturated heterocycles. The number of H-pyrrole nitrogens is 1. The first-order chi connectivity index (χ1) is 14.1. The summed E-state index contributed by atoms with van der Waals surface area (Å²) in [5.74, 6) is 0.805. The van der Waals surface area contributed by atoms with Crippen LogP contribution in [0.5, 0.6) is 0 Å². The van der Waals surface area contributed by atoms with Crippen molar-refractivity contribution in [3.63, 3.8) is 0 Å². The maximum Gasteiger partial charge on any atom is 0.255 e. The van der Waals surface area contributed by atoms with E-state index in [1.54, 1.807) is 24.2 Å². The quantitative estimate of drug-likeness (QED) is 0.567. The Morgan fingerprint density at radius 3 is 2.90 bits per heavy atom. The number of pyridine rings is 1. The van der Waals surface area contributed by atoms with Gasteiger partial charge in [0.25, 0.3) is 5.91 Å². The van der Waals surface area contributed by atoms with E-state index in [-0.39, 0.29) is 11.9 Å². The van der Waals surface area contributed by atoms with Crippen LogP contribution in [-0.2, 0) is 0 Å². The molecule has 0 unspecified atom stereocenters. The molecule has 0 radical (unpaired) electrons. The number of aromatic nitrogens is 3. The number of fused-ring (bicyclic) bond motifs is 1. The Kier molecular flexibility index (Phi) is 5.67. The zero-order valence-corrected chi connectivity index (χ0v) is 17.2. The molecule has 0 fully saturated rings. The van der Waals surface area contributed by atoms with E-state index in [2.05, 4.69) is 57.2 Å². The van der Waals surface area contributed by atoms with Gasteiger partial charge in [-0.05, 0) is 42.5 Å². The average molecular weight is 406 g/mol. The van der Waals surface area contributed by atoms with Crippen LogP contribution in [0.25, 0.3) is 22.0 Å². The van der Waals surface area contributed by atoms with Crippen molar-refractivity contribution < 1.29 is 4.79 Å². The van der Waals surface area contributed by atoms with Gasteiger partial charge in [-0.25, -0.2) is 0 Å². The number of anilines is 1. The van der Waals surface area contributed by atoms with Crippen molar-refractivity contribution in [1.29, 1.82) is 0 Å². The third-order valence-electron chi connectivity index (χ3n) is 4.65. The van der Waals surface area contributed by atoms with Gasteiger partial charge in [-0.2, -0.15) is 5.10 Å². The first-order valence-electron chi connectivity index (χ1n) is 9.55. The molecule has 1 aliphatic rings. The van der Waals surface area contributed by atoms with Crippen molar-refractivity contribution in [3.8, 4) is 11.1 Å². The Morgan fingerprint density at radius 1 is 1.28 bits per heavy atom. The van der Waals surface area contributed by atoms with Gasteiger partial charge in [-0.15, -0.1) is 11.8 Å². The molecule has 0 aliphatic carbocycles. The SMILES string of the molecule is CC(C)Nc1c(C(=O)NCC2=CCSC=C2)cnc2ccc(-c3cn[nH]c3)cc12. The second-order valence-corrected chi connectivity index (χ2v) is 8.10. The molecule has 4 rings (SSSR count).